The maximum absolute atomic E-state index is 11.2. The van der Waals surface area contributed by atoms with Crippen molar-refractivity contribution in [3.05, 3.63) is 47.7 Å². The van der Waals surface area contributed by atoms with Crippen molar-refractivity contribution in [2.75, 3.05) is 5.75 Å². The quantitative estimate of drug-likeness (QED) is 0.691. The van der Waals surface area contributed by atoms with E-state index in [0.717, 1.165) is 5.56 Å². The van der Waals surface area contributed by atoms with Crippen molar-refractivity contribution in [2.24, 2.45) is 0 Å². The average Bonchev–Trinajstić information content (AvgIpc) is 2.92. The van der Waals surface area contributed by atoms with Crippen molar-refractivity contribution in [1.82, 2.24) is 0 Å². The zero-order valence-electron chi connectivity index (χ0n) is 11.6. The van der Waals surface area contributed by atoms with Crippen LogP contribution in [0.4, 0.5) is 0 Å². The Morgan fingerprint density at radius 2 is 1.91 bits per heavy atom. The molecule has 22 heavy (non-hydrogen) atoms. The molecule has 0 aliphatic heterocycles. The summed E-state index contributed by atoms with van der Waals surface area (Å²) < 4.78 is 5.58. The molecule has 0 aliphatic carbocycles. The smallest absolute Gasteiger partial charge is 0.135 e. The molecule has 0 spiro atoms. The van der Waals surface area contributed by atoms with E-state index in [1.165, 1.54) is 17.8 Å². The Morgan fingerprint density at radius 3 is 2.50 bits per heavy atom. The minimum atomic E-state index is -1.33. The van der Waals surface area contributed by atoms with Crippen LogP contribution in [0.5, 0.6) is 0 Å². The highest BCUT2D eigenvalue weighted by Gasteiger charge is 2.15. The van der Waals surface area contributed by atoms with Crippen LogP contribution in [0.15, 0.2) is 40.8 Å². The Hall–Kier alpha value is -2.25. The van der Waals surface area contributed by atoms with Crippen molar-refractivity contribution in [2.45, 2.75) is 11.8 Å². The molecule has 6 nitrogen and oxygen atoms in total. The summed E-state index contributed by atoms with van der Waals surface area (Å²) in [6, 6.07) is 9.64. The summed E-state index contributed by atoms with van der Waals surface area (Å²) in [6.45, 7) is 0. The molecule has 1 atom stereocenters. The molecule has 0 radical (unpaired) electrons. The summed E-state index contributed by atoms with van der Waals surface area (Å²) in [4.78, 5) is 21.8. The van der Waals surface area contributed by atoms with E-state index in [4.69, 9.17) is 4.42 Å². The molecule has 0 saturated carbocycles. The van der Waals surface area contributed by atoms with Gasteiger partial charge in [0.2, 0.25) is 0 Å². The summed E-state index contributed by atoms with van der Waals surface area (Å²) in [5.41, 5.74) is 4.17. The van der Waals surface area contributed by atoms with Gasteiger partial charge in [-0.15, -0.1) is 11.8 Å². The van der Waals surface area contributed by atoms with Crippen molar-refractivity contribution in [3.8, 4) is 11.3 Å². The van der Waals surface area contributed by atoms with Crippen molar-refractivity contribution < 1.29 is 30.0 Å². The fourth-order valence-electron chi connectivity index (χ4n) is 1.82. The monoisotopic (exact) mass is 320 g/mol. The fourth-order valence-corrected chi connectivity index (χ4v) is 2.75. The lowest BCUT2D eigenvalue weighted by Crippen LogP contribution is -2.69. The van der Waals surface area contributed by atoms with E-state index in [1.54, 1.807) is 12.1 Å². The number of carboxylic acid groups (broad SMARTS) is 2. The molecule has 0 saturated heterocycles. The van der Waals surface area contributed by atoms with E-state index >= 15 is 0 Å². The molecule has 116 valence electrons. The predicted molar refractivity (Wildman–Crippen MR) is 76.3 cm³/mol. The molecule has 2 aromatic rings. The first-order valence-electron chi connectivity index (χ1n) is 6.50. The molecule has 0 amide bonds. The zero-order chi connectivity index (χ0) is 16.1. The van der Waals surface area contributed by atoms with E-state index in [1.807, 2.05) is 18.2 Å². The highest BCUT2D eigenvalue weighted by Crippen LogP contribution is 2.28. The Morgan fingerprint density at radius 1 is 1.23 bits per heavy atom. The van der Waals surface area contributed by atoms with Crippen LogP contribution in [0.25, 0.3) is 11.3 Å². The lowest BCUT2D eigenvalue weighted by atomic mass is 10.1. The first-order chi connectivity index (χ1) is 10.5. The van der Waals surface area contributed by atoms with Crippen LogP contribution in [-0.4, -0.2) is 23.7 Å². The van der Waals surface area contributed by atoms with Gasteiger partial charge in [-0.1, -0.05) is 30.3 Å². The van der Waals surface area contributed by atoms with Gasteiger partial charge in [-0.3, -0.25) is 0 Å². The summed E-state index contributed by atoms with van der Waals surface area (Å²) in [6.07, 6.45) is 0. The number of benzene rings is 1. The third kappa shape index (κ3) is 3.90. The van der Waals surface area contributed by atoms with Gasteiger partial charge in [-0.2, -0.15) is 0 Å². The standard InChI is InChI=1S/C15H15NO5S/c16-11(15(19)20)7-22-8-13-10(14(17)18)6-12(21-13)9-4-2-1-3-5-9/h1-6,11H,7-8,16H2,(H,17,18)(H,19,20)/p-1/t11-/m0/s1. The number of hydrogen-bond donors (Lipinski definition) is 1. The second kappa shape index (κ2) is 7.15. The number of furan rings is 1. The van der Waals surface area contributed by atoms with Crippen molar-refractivity contribution in [1.29, 1.82) is 0 Å². The highest BCUT2D eigenvalue weighted by atomic mass is 32.2. The van der Waals surface area contributed by atoms with Crippen molar-refractivity contribution in [3.63, 3.8) is 0 Å². The molecule has 2 rings (SSSR count). The Kier molecular flexibility index (Phi) is 5.24. The summed E-state index contributed by atoms with van der Waals surface area (Å²) >= 11 is 1.21. The molecule has 7 heteroatoms. The third-order valence-electron chi connectivity index (χ3n) is 2.97. The molecule has 0 unspecified atom stereocenters. The molecule has 0 bridgehead atoms. The summed E-state index contributed by atoms with van der Waals surface area (Å²) in [5.74, 6) is -1.47. The minimum absolute atomic E-state index is 0.0274. The van der Waals surface area contributed by atoms with Crippen LogP contribution < -0.4 is 15.9 Å². The lowest BCUT2D eigenvalue weighted by Gasteiger charge is -2.08. The van der Waals surface area contributed by atoms with E-state index in [2.05, 4.69) is 5.73 Å². The number of aromatic carboxylic acids is 1. The fraction of sp³-hybridized carbons (Fsp3) is 0.200. The van der Waals surface area contributed by atoms with Gasteiger partial charge in [0, 0.05) is 11.1 Å². The molecular formula is C15H14NO5S-. The second-order valence-corrected chi connectivity index (χ2v) is 5.66. The van der Waals surface area contributed by atoms with Crippen LogP contribution in [0.2, 0.25) is 0 Å². The molecular weight excluding hydrogens is 306 g/mol. The first-order valence-corrected chi connectivity index (χ1v) is 7.65. The molecule has 0 fully saturated rings. The van der Waals surface area contributed by atoms with Gasteiger partial charge >= 0.3 is 0 Å². The minimum Gasteiger partial charge on any atom is -0.545 e. The van der Waals surface area contributed by atoms with Gasteiger partial charge in [0.1, 0.15) is 17.6 Å². The topological polar surface area (TPSA) is 121 Å². The van der Waals surface area contributed by atoms with E-state index < -0.39 is 18.0 Å². The zero-order valence-corrected chi connectivity index (χ0v) is 12.4. The average molecular weight is 320 g/mol. The molecule has 1 aromatic carbocycles. The van der Waals surface area contributed by atoms with Crippen LogP contribution in [-0.2, 0) is 10.5 Å². The third-order valence-corrected chi connectivity index (χ3v) is 4.08. The number of quaternary nitrogens is 1. The predicted octanol–water partition coefficient (Wildman–Crippen LogP) is -1.10. The van der Waals surface area contributed by atoms with Gasteiger partial charge in [-0.25, -0.2) is 0 Å². The van der Waals surface area contributed by atoms with Gasteiger partial charge in [0.15, 0.2) is 0 Å². The number of carboxylic acids is 2. The van der Waals surface area contributed by atoms with Crippen LogP contribution in [0.3, 0.4) is 0 Å². The van der Waals surface area contributed by atoms with Gasteiger partial charge in [-0.05, 0) is 6.07 Å². The van der Waals surface area contributed by atoms with Crippen molar-refractivity contribution >= 4 is 23.7 Å². The normalized spacial score (nSPS) is 12.0. The number of carbonyl (C=O) groups excluding carboxylic acids is 2. The maximum atomic E-state index is 11.2. The van der Waals surface area contributed by atoms with Gasteiger partial charge in [0.05, 0.1) is 23.4 Å². The Balaban J connectivity index is 2.15. The van der Waals surface area contributed by atoms with Gasteiger partial charge in [0.25, 0.3) is 0 Å². The SMILES string of the molecule is [NH3+][C@@H](CSCc1oc(-c2ccccc2)cc1C(=O)[O-])C(=O)[O-]. The number of rotatable bonds is 7. The summed E-state index contributed by atoms with van der Waals surface area (Å²) in [7, 11) is 0. The largest absolute Gasteiger partial charge is 0.545 e. The van der Waals surface area contributed by atoms with E-state index in [9.17, 15) is 19.8 Å². The van der Waals surface area contributed by atoms with E-state index in [0.29, 0.717) is 5.76 Å². The Labute approximate surface area is 130 Å². The number of carbonyl (C=O) groups is 2. The Bertz CT molecular complexity index is 668. The molecule has 1 aromatic heterocycles. The van der Waals surface area contributed by atoms with Crippen LogP contribution in [0, 0.1) is 0 Å². The lowest BCUT2D eigenvalue weighted by molar-refractivity contribution is -0.431. The number of hydrogen-bond acceptors (Lipinski definition) is 6. The number of thioether (sulfide) groups is 1. The molecule has 0 aliphatic rings. The molecule has 1 heterocycles. The second-order valence-electron chi connectivity index (χ2n) is 4.63. The molecule has 3 N–H and O–H groups in total. The first kappa shape index (κ1) is 16.1. The van der Waals surface area contributed by atoms with E-state index in [-0.39, 0.29) is 22.8 Å². The summed E-state index contributed by atoms with van der Waals surface area (Å²) in [5, 5.41) is 21.8. The number of aliphatic carboxylic acids is 1. The highest BCUT2D eigenvalue weighted by molar-refractivity contribution is 7.98. The van der Waals surface area contributed by atoms with Gasteiger partial charge < -0.3 is 30.0 Å². The van der Waals surface area contributed by atoms with Crippen LogP contribution in [0.1, 0.15) is 16.1 Å². The maximum Gasteiger partial charge on any atom is 0.135 e. The van der Waals surface area contributed by atoms with Crippen LogP contribution >= 0.6 is 11.8 Å².